The molecule has 0 aliphatic carbocycles. The molecule has 1 heterocycles. The molecule has 2 aromatic rings. The molecule has 0 unspecified atom stereocenters. The first-order valence-corrected chi connectivity index (χ1v) is 5.28. The number of imidazole rings is 1. The Labute approximate surface area is 107 Å². The van der Waals surface area contributed by atoms with Crippen LogP contribution in [-0.4, -0.2) is 27.0 Å². The molecule has 0 atom stereocenters. The molecule has 0 aliphatic rings. The summed E-state index contributed by atoms with van der Waals surface area (Å²) in [6.45, 7) is 0. The number of carboxylic acids is 1. The summed E-state index contributed by atoms with van der Waals surface area (Å²) in [6.07, 6.45) is 2.70. The molecule has 1 amide bonds. The number of halogens is 1. The Morgan fingerprint density at radius 3 is 2.78 bits per heavy atom. The van der Waals surface area contributed by atoms with Crippen LogP contribution in [0.4, 0.5) is 5.69 Å². The summed E-state index contributed by atoms with van der Waals surface area (Å²) in [5.41, 5.74) is 0.336. The maximum atomic E-state index is 11.7. The maximum absolute atomic E-state index is 11.7. The van der Waals surface area contributed by atoms with Crippen molar-refractivity contribution in [3.63, 3.8) is 0 Å². The van der Waals surface area contributed by atoms with Gasteiger partial charge in [-0.25, -0.2) is 9.78 Å². The second-order valence-corrected chi connectivity index (χ2v) is 3.85. The number of anilines is 1. The molecule has 2 rings (SSSR count). The second kappa shape index (κ2) is 4.89. The van der Waals surface area contributed by atoms with Gasteiger partial charge in [0.1, 0.15) is 5.69 Å². The molecule has 1 aromatic heterocycles. The van der Waals surface area contributed by atoms with Crippen molar-refractivity contribution >= 4 is 29.2 Å². The Balaban J connectivity index is 2.29. The van der Waals surface area contributed by atoms with Gasteiger partial charge < -0.3 is 15.4 Å². The van der Waals surface area contributed by atoms with Crippen molar-refractivity contribution in [2.45, 2.75) is 0 Å². The lowest BCUT2D eigenvalue weighted by atomic mass is 10.1. The van der Waals surface area contributed by atoms with E-state index in [4.69, 9.17) is 16.7 Å². The molecule has 92 valence electrons. The number of carbonyl (C=O) groups is 2. The lowest BCUT2D eigenvalue weighted by Crippen LogP contribution is -2.15. The zero-order chi connectivity index (χ0) is 13.1. The topological polar surface area (TPSA) is 95.1 Å². The fourth-order valence-corrected chi connectivity index (χ4v) is 1.54. The van der Waals surface area contributed by atoms with E-state index >= 15 is 0 Å². The van der Waals surface area contributed by atoms with E-state index in [-0.39, 0.29) is 22.0 Å². The molecule has 0 bridgehead atoms. The number of amides is 1. The smallest absolute Gasteiger partial charge is 0.337 e. The molecule has 7 heteroatoms. The number of rotatable bonds is 3. The minimum absolute atomic E-state index is 0.0737. The summed E-state index contributed by atoms with van der Waals surface area (Å²) in [4.78, 5) is 29.1. The van der Waals surface area contributed by atoms with Crippen LogP contribution in [0.1, 0.15) is 20.8 Å². The number of hydrogen-bond acceptors (Lipinski definition) is 3. The fourth-order valence-electron chi connectivity index (χ4n) is 1.37. The number of nitrogens with one attached hydrogen (secondary N) is 2. The molecular weight excluding hydrogens is 258 g/mol. The summed E-state index contributed by atoms with van der Waals surface area (Å²) in [5.74, 6) is -1.64. The number of aromatic carboxylic acids is 1. The van der Waals surface area contributed by atoms with Crippen LogP contribution in [0, 0.1) is 0 Å². The minimum Gasteiger partial charge on any atom is -0.478 e. The van der Waals surface area contributed by atoms with Gasteiger partial charge in [-0.15, -0.1) is 0 Å². The highest BCUT2D eigenvalue weighted by molar-refractivity contribution is 6.31. The number of carbonyl (C=O) groups excluding carboxylic acids is 1. The molecule has 0 saturated carbocycles. The molecule has 18 heavy (non-hydrogen) atoms. The average molecular weight is 266 g/mol. The summed E-state index contributed by atoms with van der Waals surface area (Å²) in [7, 11) is 0. The van der Waals surface area contributed by atoms with Crippen molar-refractivity contribution in [3.8, 4) is 0 Å². The van der Waals surface area contributed by atoms with Crippen molar-refractivity contribution in [1.82, 2.24) is 9.97 Å². The van der Waals surface area contributed by atoms with E-state index in [0.29, 0.717) is 0 Å². The summed E-state index contributed by atoms with van der Waals surface area (Å²) < 4.78 is 0. The molecule has 6 nitrogen and oxygen atoms in total. The van der Waals surface area contributed by atoms with E-state index < -0.39 is 11.9 Å². The Morgan fingerprint density at radius 1 is 1.39 bits per heavy atom. The van der Waals surface area contributed by atoms with Crippen molar-refractivity contribution < 1.29 is 14.7 Å². The van der Waals surface area contributed by atoms with Gasteiger partial charge in [0.15, 0.2) is 0 Å². The molecule has 0 radical (unpaired) electrons. The SMILES string of the molecule is O=C(Nc1ccc(Cl)cc1C(=O)O)c1cnc[nH]1. The van der Waals surface area contributed by atoms with E-state index in [1.54, 1.807) is 0 Å². The van der Waals surface area contributed by atoms with E-state index in [2.05, 4.69) is 15.3 Å². The van der Waals surface area contributed by atoms with Crippen LogP contribution in [0.25, 0.3) is 0 Å². The highest BCUT2D eigenvalue weighted by atomic mass is 35.5. The van der Waals surface area contributed by atoms with Crippen LogP contribution in [0.2, 0.25) is 5.02 Å². The summed E-state index contributed by atoms with van der Waals surface area (Å²) >= 11 is 5.70. The fraction of sp³-hybridized carbons (Fsp3) is 0. The molecule has 0 spiro atoms. The third-order valence-electron chi connectivity index (χ3n) is 2.20. The van der Waals surface area contributed by atoms with Crippen molar-refractivity contribution in [3.05, 3.63) is 47.0 Å². The highest BCUT2D eigenvalue weighted by Gasteiger charge is 2.14. The highest BCUT2D eigenvalue weighted by Crippen LogP contribution is 2.21. The van der Waals surface area contributed by atoms with Gasteiger partial charge >= 0.3 is 5.97 Å². The zero-order valence-corrected chi connectivity index (χ0v) is 9.73. The van der Waals surface area contributed by atoms with Gasteiger partial charge in [0.05, 0.1) is 23.8 Å². The maximum Gasteiger partial charge on any atom is 0.337 e. The van der Waals surface area contributed by atoms with Crippen LogP contribution in [0.15, 0.2) is 30.7 Å². The molecule has 0 aliphatic heterocycles. The summed E-state index contributed by atoms with van der Waals surface area (Å²) in [6, 6.07) is 4.20. The molecule has 1 aromatic carbocycles. The lowest BCUT2D eigenvalue weighted by molar-refractivity contribution is 0.0698. The quantitative estimate of drug-likeness (QED) is 0.791. The van der Waals surface area contributed by atoms with Crippen LogP contribution < -0.4 is 5.32 Å². The van der Waals surface area contributed by atoms with E-state index in [9.17, 15) is 9.59 Å². The number of hydrogen-bond donors (Lipinski definition) is 3. The van der Waals surface area contributed by atoms with Crippen molar-refractivity contribution in [2.75, 3.05) is 5.32 Å². The van der Waals surface area contributed by atoms with Crippen molar-refractivity contribution in [2.24, 2.45) is 0 Å². The van der Waals surface area contributed by atoms with E-state index in [1.807, 2.05) is 0 Å². The molecular formula is C11H8ClN3O3. The number of benzene rings is 1. The predicted molar refractivity (Wildman–Crippen MR) is 65.0 cm³/mol. The van der Waals surface area contributed by atoms with E-state index in [0.717, 1.165) is 0 Å². The number of carboxylic acid groups (broad SMARTS) is 1. The Bertz CT molecular complexity index is 596. The first-order valence-electron chi connectivity index (χ1n) is 4.90. The number of H-pyrrole nitrogens is 1. The standard InChI is InChI=1S/C11H8ClN3O3/c12-6-1-2-8(7(3-6)11(17)18)15-10(16)9-4-13-5-14-9/h1-5H,(H,13,14)(H,15,16)(H,17,18). The minimum atomic E-state index is -1.17. The summed E-state index contributed by atoms with van der Waals surface area (Å²) in [5, 5.41) is 11.8. The Kier molecular flexibility index (Phi) is 3.29. The van der Waals surface area contributed by atoms with Crippen molar-refractivity contribution in [1.29, 1.82) is 0 Å². The average Bonchev–Trinajstić information content (AvgIpc) is 2.84. The van der Waals surface area contributed by atoms with Gasteiger partial charge in [0, 0.05) is 5.02 Å². The van der Waals surface area contributed by atoms with Gasteiger partial charge in [0.2, 0.25) is 0 Å². The Hall–Kier alpha value is -2.34. The van der Waals surface area contributed by atoms with Gasteiger partial charge in [-0.2, -0.15) is 0 Å². The first-order chi connectivity index (χ1) is 8.58. The number of aromatic nitrogens is 2. The van der Waals surface area contributed by atoms with Crippen LogP contribution in [0.5, 0.6) is 0 Å². The van der Waals surface area contributed by atoms with Gasteiger partial charge in [-0.1, -0.05) is 11.6 Å². The number of aromatic amines is 1. The molecule has 3 N–H and O–H groups in total. The van der Waals surface area contributed by atoms with E-state index in [1.165, 1.54) is 30.7 Å². The second-order valence-electron chi connectivity index (χ2n) is 3.41. The van der Waals surface area contributed by atoms with Crippen LogP contribution in [0.3, 0.4) is 0 Å². The van der Waals surface area contributed by atoms with Crippen LogP contribution in [-0.2, 0) is 0 Å². The van der Waals surface area contributed by atoms with Gasteiger partial charge in [0.25, 0.3) is 5.91 Å². The predicted octanol–water partition coefficient (Wildman–Crippen LogP) is 2.01. The normalized spacial score (nSPS) is 10.1. The Morgan fingerprint density at radius 2 is 2.17 bits per heavy atom. The first kappa shape index (κ1) is 12.1. The molecule has 0 saturated heterocycles. The third-order valence-corrected chi connectivity index (χ3v) is 2.44. The van der Waals surface area contributed by atoms with Gasteiger partial charge in [-0.3, -0.25) is 4.79 Å². The van der Waals surface area contributed by atoms with Gasteiger partial charge in [-0.05, 0) is 18.2 Å². The lowest BCUT2D eigenvalue weighted by Gasteiger charge is -2.07. The van der Waals surface area contributed by atoms with Crippen LogP contribution >= 0.6 is 11.6 Å². The largest absolute Gasteiger partial charge is 0.478 e. The number of nitrogens with zero attached hydrogens (tertiary/aromatic N) is 1. The third kappa shape index (κ3) is 2.49. The zero-order valence-electron chi connectivity index (χ0n) is 8.98. The monoisotopic (exact) mass is 265 g/mol. The molecule has 0 fully saturated rings.